The summed E-state index contributed by atoms with van der Waals surface area (Å²) >= 11 is 1.74. The molecule has 0 fully saturated rings. The minimum absolute atomic E-state index is 0.216. The molecule has 1 aliphatic heterocycles. The second kappa shape index (κ2) is 4.93. The Morgan fingerprint density at radius 3 is 2.90 bits per heavy atom. The van der Waals surface area contributed by atoms with Crippen molar-refractivity contribution in [3.05, 3.63) is 46.8 Å². The van der Waals surface area contributed by atoms with Crippen LogP contribution >= 0.6 is 11.3 Å². The Bertz CT molecular complexity index is 786. The Morgan fingerprint density at radius 2 is 2.10 bits per heavy atom. The largest absolute Gasteiger partial charge is 0.454 e. The van der Waals surface area contributed by atoms with Gasteiger partial charge in [0.15, 0.2) is 11.5 Å². The Hall–Kier alpha value is -2.27. The average Bonchev–Trinajstić information content (AvgIpc) is 3.16. The molecule has 4 rings (SSSR count). The van der Waals surface area contributed by atoms with Crippen LogP contribution in [-0.4, -0.2) is 11.8 Å². The van der Waals surface area contributed by atoms with E-state index in [1.807, 2.05) is 24.4 Å². The zero-order valence-corrected chi connectivity index (χ0v) is 12.3. The van der Waals surface area contributed by atoms with Crippen molar-refractivity contribution in [3.63, 3.8) is 0 Å². The van der Waals surface area contributed by atoms with Crippen molar-refractivity contribution in [2.75, 3.05) is 12.1 Å². The van der Waals surface area contributed by atoms with E-state index in [4.69, 9.17) is 9.47 Å². The third-order valence-electron chi connectivity index (χ3n) is 3.58. The number of pyridine rings is 1. The molecule has 0 radical (unpaired) electrons. The molecule has 1 aliphatic rings. The van der Waals surface area contributed by atoms with Gasteiger partial charge < -0.3 is 14.8 Å². The van der Waals surface area contributed by atoms with E-state index in [1.54, 1.807) is 11.3 Å². The van der Waals surface area contributed by atoms with Crippen LogP contribution in [0.4, 0.5) is 5.82 Å². The maximum absolute atomic E-state index is 5.46. The number of nitrogens with one attached hydrogen (secondary N) is 1. The molecule has 1 unspecified atom stereocenters. The number of fused-ring (bicyclic) bond motifs is 2. The molecule has 1 aromatic carbocycles. The van der Waals surface area contributed by atoms with Crippen LogP contribution in [0.1, 0.15) is 17.8 Å². The van der Waals surface area contributed by atoms with Crippen LogP contribution in [0, 0.1) is 0 Å². The molecule has 0 saturated heterocycles. The lowest BCUT2D eigenvalue weighted by Gasteiger charge is -2.15. The highest BCUT2D eigenvalue weighted by molar-refractivity contribution is 7.10. The first kappa shape index (κ1) is 12.5. The molecule has 0 aliphatic carbocycles. The lowest BCUT2D eigenvalue weighted by molar-refractivity contribution is 0.174. The Balaban J connectivity index is 1.75. The minimum Gasteiger partial charge on any atom is -0.454 e. The summed E-state index contributed by atoms with van der Waals surface area (Å²) in [4.78, 5) is 5.77. The predicted octanol–water partition coefficient (Wildman–Crippen LogP) is 4.20. The van der Waals surface area contributed by atoms with E-state index in [0.717, 1.165) is 28.1 Å². The summed E-state index contributed by atoms with van der Waals surface area (Å²) in [6.07, 6.45) is 1.81. The van der Waals surface area contributed by atoms with Gasteiger partial charge in [-0.05, 0) is 42.0 Å². The van der Waals surface area contributed by atoms with Gasteiger partial charge in [0.2, 0.25) is 6.79 Å². The van der Waals surface area contributed by atoms with Gasteiger partial charge in [-0.2, -0.15) is 0 Å². The highest BCUT2D eigenvalue weighted by atomic mass is 32.1. The number of benzene rings is 1. The summed E-state index contributed by atoms with van der Waals surface area (Å²) in [5, 5.41) is 7.71. The zero-order chi connectivity index (χ0) is 14.2. The molecule has 21 heavy (non-hydrogen) atoms. The van der Waals surface area contributed by atoms with Crippen molar-refractivity contribution >= 4 is 27.9 Å². The van der Waals surface area contributed by atoms with Crippen molar-refractivity contribution < 1.29 is 9.47 Å². The van der Waals surface area contributed by atoms with Crippen molar-refractivity contribution in [1.82, 2.24) is 4.98 Å². The molecule has 2 aromatic heterocycles. The first-order valence-electron chi connectivity index (χ1n) is 6.79. The van der Waals surface area contributed by atoms with Gasteiger partial charge in [0, 0.05) is 16.5 Å². The molecule has 0 spiro atoms. The van der Waals surface area contributed by atoms with Crippen molar-refractivity contribution in [3.8, 4) is 11.5 Å². The number of hydrogen-bond acceptors (Lipinski definition) is 5. The second-order valence-electron chi connectivity index (χ2n) is 4.97. The molecule has 3 heterocycles. The highest BCUT2D eigenvalue weighted by Gasteiger charge is 2.17. The van der Waals surface area contributed by atoms with Crippen LogP contribution in [0.3, 0.4) is 0 Å². The van der Waals surface area contributed by atoms with Crippen molar-refractivity contribution in [1.29, 1.82) is 0 Å². The normalized spacial score (nSPS) is 14.3. The summed E-state index contributed by atoms with van der Waals surface area (Å²) < 4.78 is 10.9. The average molecular weight is 298 g/mol. The van der Waals surface area contributed by atoms with Gasteiger partial charge in [-0.3, -0.25) is 0 Å². The molecule has 4 nitrogen and oxygen atoms in total. The van der Waals surface area contributed by atoms with Gasteiger partial charge in [-0.25, -0.2) is 4.98 Å². The number of anilines is 1. The van der Waals surface area contributed by atoms with Crippen molar-refractivity contribution in [2.24, 2.45) is 0 Å². The fourth-order valence-electron chi connectivity index (χ4n) is 2.49. The lowest BCUT2D eigenvalue weighted by Crippen LogP contribution is -2.06. The number of thiophene rings is 1. The van der Waals surface area contributed by atoms with Crippen molar-refractivity contribution in [2.45, 2.75) is 13.0 Å². The van der Waals surface area contributed by atoms with Gasteiger partial charge in [0.1, 0.15) is 5.82 Å². The molecule has 0 saturated carbocycles. The van der Waals surface area contributed by atoms with Crippen LogP contribution in [0.5, 0.6) is 11.5 Å². The maximum Gasteiger partial charge on any atom is 0.231 e. The number of rotatable bonds is 3. The summed E-state index contributed by atoms with van der Waals surface area (Å²) in [7, 11) is 0. The standard InChI is InChI=1S/C16H14N2O2S/c1-10(15-3-2-6-21-15)18-16-12-8-14-13(19-9-20-14)7-11(12)4-5-17-16/h2-8,10H,9H2,1H3,(H,17,18). The fraction of sp³-hybridized carbons (Fsp3) is 0.188. The van der Waals surface area contributed by atoms with Gasteiger partial charge in [0.05, 0.1) is 6.04 Å². The molecule has 106 valence electrons. The Labute approximate surface area is 126 Å². The minimum atomic E-state index is 0.216. The summed E-state index contributed by atoms with van der Waals surface area (Å²) in [6.45, 7) is 2.42. The zero-order valence-electron chi connectivity index (χ0n) is 11.5. The molecule has 1 atom stereocenters. The van der Waals surface area contributed by atoms with Gasteiger partial charge in [-0.15, -0.1) is 11.3 Å². The molecule has 3 aromatic rings. The topological polar surface area (TPSA) is 43.4 Å². The first-order valence-corrected chi connectivity index (χ1v) is 7.67. The first-order chi connectivity index (χ1) is 10.3. The third-order valence-corrected chi connectivity index (χ3v) is 4.64. The summed E-state index contributed by atoms with van der Waals surface area (Å²) in [5.74, 6) is 2.44. The number of ether oxygens (including phenoxy) is 2. The van der Waals surface area contributed by atoms with Gasteiger partial charge in [-0.1, -0.05) is 6.07 Å². The van der Waals surface area contributed by atoms with E-state index in [2.05, 4.69) is 34.7 Å². The quantitative estimate of drug-likeness (QED) is 0.787. The lowest BCUT2D eigenvalue weighted by atomic mass is 10.1. The van der Waals surface area contributed by atoms with Gasteiger partial charge in [0.25, 0.3) is 0 Å². The Morgan fingerprint density at radius 1 is 1.24 bits per heavy atom. The van der Waals surface area contributed by atoms with Crippen LogP contribution in [0.25, 0.3) is 10.8 Å². The van der Waals surface area contributed by atoms with Crippen LogP contribution in [0.2, 0.25) is 0 Å². The number of hydrogen-bond donors (Lipinski definition) is 1. The maximum atomic E-state index is 5.46. The SMILES string of the molecule is CC(Nc1nccc2cc3c(cc12)OCO3)c1cccs1. The van der Waals surface area contributed by atoms with E-state index in [9.17, 15) is 0 Å². The van der Waals surface area contributed by atoms with Crippen LogP contribution < -0.4 is 14.8 Å². The molecular weight excluding hydrogens is 284 g/mol. The monoisotopic (exact) mass is 298 g/mol. The van der Waals surface area contributed by atoms with E-state index >= 15 is 0 Å². The molecule has 0 bridgehead atoms. The second-order valence-corrected chi connectivity index (χ2v) is 5.95. The number of aromatic nitrogens is 1. The highest BCUT2D eigenvalue weighted by Crippen LogP contribution is 2.38. The van der Waals surface area contributed by atoms with E-state index < -0.39 is 0 Å². The third kappa shape index (κ3) is 2.19. The van der Waals surface area contributed by atoms with E-state index in [0.29, 0.717) is 0 Å². The summed E-state index contributed by atoms with van der Waals surface area (Å²) in [5.41, 5.74) is 0. The Kier molecular flexibility index (Phi) is 2.93. The van der Waals surface area contributed by atoms with E-state index in [1.165, 1.54) is 4.88 Å². The smallest absolute Gasteiger partial charge is 0.231 e. The fourth-order valence-corrected chi connectivity index (χ4v) is 3.23. The molecule has 1 N–H and O–H groups in total. The molecule has 0 amide bonds. The van der Waals surface area contributed by atoms with Crippen LogP contribution in [0.15, 0.2) is 41.9 Å². The number of nitrogens with zero attached hydrogens (tertiary/aromatic N) is 1. The van der Waals surface area contributed by atoms with Crippen LogP contribution in [-0.2, 0) is 0 Å². The molecular formula is C16H14N2O2S. The summed E-state index contributed by atoms with van der Waals surface area (Å²) in [6, 6.07) is 10.4. The van der Waals surface area contributed by atoms with Gasteiger partial charge >= 0.3 is 0 Å². The molecule has 5 heteroatoms. The van der Waals surface area contributed by atoms with E-state index in [-0.39, 0.29) is 12.8 Å². The predicted molar refractivity (Wildman–Crippen MR) is 84.2 cm³/mol.